The quantitative estimate of drug-likeness (QED) is 0.841. The lowest BCUT2D eigenvalue weighted by atomic mass is 10.2. The molecule has 0 bridgehead atoms. The number of carbonyl (C=O) groups excluding carboxylic acids is 1. The number of alkyl halides is 1. The largest absolute Gasteiger partial charge is 0.351 e. The number of sulfone groups is 1. The zero-order chi connectivity index (χ0) is 13.8. The molecule has 1 aromatic carbocycles. The Kier molecular flexibility index (Phi) is 5.16. The molecule has 0 aliphatic rings. The number of amides is 1. The van der Waals surface area contributed by atoms with E-state index in [2.05, 4.69) is 5.32 Å². The third-order valence-electron chi connectivity index (χ3n) is 2.47. The van der Waals surface area contributed by atoms with E-state index in [1.54, 1.807) is 0 Å². The third-order valence-corrected chi connectivity index (χ3v) is 4.06. The minimum atomic E-state index is -3.23. The number of halogens is 1. The topological polar surface area (TPSA) is 63.2 Å². The molecule has 0 saturated carbocycles. The van der Waals surface area contributed by atoms with Crippen LogP contribution in [-0.4, -0.2) is 32.5 Å². The van der Waals surface area contributed by atoms with Crippen LogP contribution in [0.5, 0.6) is 0 Å². The molecule has 18 heavy (non-hydrogen) atoms. The van der Waals surface area contributed by atoms with Crippen LogP contribution in [0.15, 0.2) is 29.2 Å². The Bertz CT molecular complexity index is 511. The molecule has 1 atom stereocenters. The minimum absolute atomic E-state index is 0.0933. The van der Waals surface area contributed by atoms with Gasteiger partial charge in [-0.2, -0.15) is 0 Å². The predicted molar refractivity (Wildman–Crippen MR) is 71.8 cm³/mol. The van der Waals surface area contributed by atoms with Gasteiger partial charge in [0.2, 0.25) is 0 Å². The van der Waals surface area contributed by atoms with Crippen molar-refractivity contribution in [2.24, 2.45) is 0 Å². The van der Waals surface area contributed by atoms with E-state index < -0.39 is 9.84 Å². The molecule has 100 valence electrons. The Hall–Kier alpha value is -1.07. The minimum Gasteiger partial charge on any atom is -0.351 e. The van der Waals surface area contributed by atoms with Gasteiger partial charge in [-0.05, 0) is 30.7 Å². The fourth-order valence-corrected chi connectivity index (χ4v) is 2.01. The van der Waals surface area contributed by atoms with E-state index >= 15 is 0 Å². The highest BCUT2D eigenvalue weighted by molar-refractivity contribution is 7.90. The fraction of sp³-hybridized carbons (Fsp3) is 0.417. The standard InChI is InChI=1S/C12H16ClNO3S/c1-3-10(13)8-14-12(15)9-4-6-11(7-5-9)18(2,16)17/h4-7,10H,3,8H2,1-2H3,(H,14,15). The monoisotopic (exact) mass is 289 g/mol. The summed E-state index contributed by atoms with van der Waals surface area (Å²) in [5, 5.41) is 2.59. The second-order valence-corrected chi connectivity index (χ2v) is 6.65. The predicted octanol–water partition coefficient (Wildman–Crippen LogP) is 1.84. The van der Waals surface area contributed by atoms with Gasteiger partial charge >= 0.3 is 0 Å². The molecule has 4 nitrogen and oxygen atoms in total. The number of benzene rings is 1. The summed E-state index contributed by atoms with van der Waals surface area (Å²) in [5.41, 5.74) is 0.419. The molecule has 0 aliphatic carbocycles. The first-order valence-corrected chi connectivity index (χ1v) is 7.89. The molecule has 0 radical (unpaired) electrons. The van der Waals surface area contributed by atoms with Gasteiger partial charge in [0.25, 0.3) is 5.91 Å². The van der Waals surface area contributed by atoms with E-state index in [1.165, 1.54) is 24.3 Å². The van der Waals surface area contributed by atoms with E-state index in [-0.39, 0.29) is 16.2 Å². The Morgan fingerprint density at radius 3 is 2.33 bits per heavy atom. The van der Waals surface area contributed by atoms with E-state index in [0.717, 1.165) is 12.7 Å². The van der Waals surface area contributed by atoms with E-state index in [4.69, 9.17) is 11.6 Å². The maximum Gasteiger partial charge on any atom is 0.251 e. The van der Waals surface area contributed by atoms with Crippen molar-refractivity contribution < 1.29 is 13.2 Å². The van der Waals surface area contributed by atoms with E-state index in [9.17, 15) is 13.2 Å². The molecule has 0 aliphatic heterocycles. The molecular formula is C12H16ClNO3S. The first kappa shape index (κ1) is 15.0. The summed E-state index contributed by atoms with van der Waals surface area (Å²) >= 11 is 5.89. The molecule has 1 unspecified atom stereocenters. The van der Waals surface area contributed by atoms with Crippen molar-refractivity contribution in [1.82, 2.24) is 5.32 Å². The van der Waals surface area contributed by atoms with Crippen molar-refractivity contribution in [2.75, 3.05) is 12.8 Å². The number of carbonyl (C=O) groups is 1. The molecule has 0 aromatic heterocycles. The molecule has 1 aromatic rings. The number of hydrogen-bond donors (Lipinski definition) is 1. The highest BCUT2D eigenvalue weighted by Crippen LogP contribution is 2.10. The van der Waals surface area contributed by atoms with Crippen LogP contribution in [0.3, 0.4) is 0 Å². The van der Waals surface area contributed by atoms with Crippen LogP contribution in [0.25, 0.3) is 0 Å². The van der Waals surface area contributed by atoms with Gasteiger partial charge in [0, 0.05) is 18.4 Å². The molecule has 6 heteroatoms. The first-order valence-electron chi connectivity index (χ1n) is 5.57. The van der Waals surface area contributed by atoms with Crippen LogP contribution in [0.2, 0.25) is 0 Å². The van der Waals surface area contributed by atoms with Gasteiger partial charge in [-0.25, -0.2) is 8.42 Å². The smallest absolute Gasteiger partial charge is 0.251 e. The lowest BCUT2D eigenvalue weighted by molar-refractivity contribution is 0.0953. The Labute approximate surface area is 112 Å². The summed E-state index contributed by atoms with van der Waals surface area (Å²) in [6.45, 7) is 2.33. The number of rotatable bonds is 5. The lowest BCUT2D eigenvalue weighted by Crippen LogP contribution is -2.29. The summed E-state index contributed by atoms with van der Waals surface area (Å²) < 4.78 is 22.5. The molecule has 0 saturated heterocycles. The Morgan fingerprint density at radius 1 is 1.33 bits per heavy atom. The summed E-state index contributed by atoms with van der Waals surface area (Å²) in [5.74, 6) is -0.255. The summed E-state index contributed by atoms with van der Waals surface area (Å²) in [4.78, 5) is 11.9. The van der Waals surface area contributed by atoms with Gasteiger partial charge in [0.1, 0.15) is 0 Å². The second-order valence-electron chi connectivity index (χ2n) is 4.01. The van der Waals surface area contributed by atoms with Crippen LogP contribution in [-0.2, 0) is 9.84 Å². The molecule has 1 N–H and O–H groups in total. The molecule has 0 heterocycles. The molecule has 0 fully saturated rings. The lowest BCUT2D eigenvalue weighted by Gasteiger charge is -2.08. The van der Waals surface area contributed by atoms with Crippen LogP contribution in [0, 0.1) is 0 Å². The average Bonchev–Trinajstić information content (AvgIpc) is 2.34. The number of nitrogens with one attached hydrogen (secondary N) is 1. The Morgan fingerprint density at radius 2 is 1.89 bits per heavy atom. The van der Waals surface area contributed by atoms with Gasteiger partial charge < -0.3 is 5.32 Å². The van der Waals surface area contributed by atoms with Gasteiger partial charge in [-0.15, -0.1) is 11.6 Å². The number of hydrogen-bond acceptors (Lipinski definition) is 3. The average molecular weight is 290 g/mol. The zero-order valence-electron chi connectivity index (χ0n) is 10.3. The van der Waals surface area contributed by atoms with Gasteiger partial charge in [-0.3, -0.25) is 4.79 Å². The Balaban J connectivity index is 2.71. The molecule has 1 amide bonds. The van der Waals surface area contributed by atoms with Crippen LogP contribution < -0.4 is 5.32 Å². The van der Waals surface area contributed by atoms with Crippen molar-refractivity contribution in [3.8, 4) is 0 Å². The van der Waals surface area contributed by atoms with Crippen molar-refractivity contribution in [3.63, 3.8) is 0 Å². The van der Waals surface area contributed by atoms with Crippen molar-refractivity contribution in [1.29, 1.82) is 0 Å². The van der Waals surface area contributed by atoms with Crippen LogP contribution in [0.4, 0.5) is 0 Å². The van der Waals surface area contributed by atoms with Gasteiger partial charge in [0.15, 0.2) is 9.84 Å². The maximum absolute atomic E-state index is 11.7. The van der Waals surface area contributed by atoms with Crippen LogP contribution >= 0.6 is 11.6 Å². The molecular weight excluding hydrogens is 274 g/mol. The van der Waals surface area contributed by atoms with Crippen molar-refractivity contribution in [2.45, 2.75) is 23.6 Å². The zero-order valence-corrected chi connectivity index (χ0v) is 11.9. The highest BCUT2D eigenvalue weighted by atomic mass is 35.5. The molecule has 0 spiro atoms. The fourth-order valence-electron chi connectivity index (χ4n) is 1.30. The van der Waals surface area contributed by atoms with Gasteiger partial charge in [0.05, 0.1) is 10.3 Å². The second kappa shape index (κ2) is 6.20. The third kappa shape index (κ3) is 4.31. The molecule has 1 rings (SSSR count). The SMILES string of the molecule is CCC(Cl)CNC(=O)c1ccc(S(C)(=O)=O)cc1. The summed E-state index contributed by atoms with van der Waals surface area (Å²) in [7, 11) is -3.23. The van der Waals surface area contributed by atoms with Crippen molar-refractivity contribution >= 4 is 27.3 Å². The van der Waals surface area contributed by atoms with E-state index in [1.807, 2.05) is 6.92 Å². The maximum atomic E-state index is 11.7. The van der Waals surface area contributed by atoms with E-state index in [0.29, 0.717) is 12.1 Å². The normalized spacial score (nSPS) is 13.1. The van der Waals surface area contributed by atoms with Crippen LogP contribution in [0.1, 0.15) is 23.7 Å². The first-order chi connectivity index (χ1) is 8.34. The van der Waals surface area contributed by atoms with Gasteiger partial charge in [-0.1, -0.05) is 6.92 Å². The van der Waals surface area contributed by atoms with Crippen molar-refractivity contribution in [3.05, 3.63) is 29.8 Å². The highest BCUT2D eigenvalue weighted by Gasteiger charge is 2.10. The summed E-state index contributed by atoms with van der Waals surface area (Å²) in [6, 6.07) is 5.81. The summed E-state index contributed by atoms with van der Waals surface area (Å²) in [6.07, 6.45) is 1.90.